The quantitative estimate of drug-likeness (QED) is 0.282. The number of carbonyl (C=O) groups excluding carboxylic acids is 1. The van der Waals surface area contributed by atoms with E-state index >= 15 is 0 Å². The zero-order valence-electron chi connectivity index (χ0n) is 20.0. The van der Waals surface area contributed by atoms with Gasteiger partial charge in [0.25, 0.3) is 5.91 Å². The summed E-state index contributed by atoms with van der Waals surface area (Å²) < 4.78 is 7.96. The van der Waals surface area contributed by atoms with E-state index in [4.69, 9.17) is 20.4 Å². The number of benzene rings is 2. The summed E-state index contributed by atoms with van der Waals surface area (Å²) in [6, 6.07) is 18.4. The van der Waals surface area contributed by atoms with Crippen molar-refractivity contribution in [2.75, 3.05) is 18.1 Å². The fraction of sp³-hybridized carbons (Fsp3) is 0.148. The fourth-order valence-corrected chi connectivity index (χ4v) is 4.08. The summed E-state index contributed by atoms with van der Waals surface area (Å²) in [5.74, 6) is 2.73. The minimum atomic E-state index is -0.275. The molecule has 37 heavy (non-hydrogen) atoms. The average molecular weight is 493 g/mol. The number of rotatable bonds is 7. The Labute approximate surface area is 212 Å². The number of anilines is 3. The Kier molecular flexibility index (Phi) is 5.61. The van der Waals surface area contributed by atoms with Gasteiger partial charge in [-0.25, -0.2) is 9.97 Å². The van der Waals surface area contributed by atoms with E-state index in [2.05, 4.69) is 25.2 Å². The van der Waals surface area contributed by atoms with Gasteiger partial charge in [-0.15, -0.1) is 0 Å². The summed E-state index contributed by atoms with van der Waals surface area (Å²) in [4.78, 5) is 30.0. The van der Waals surface area contributed by atoms with E-state index in [1.54, 1.807) is 25.4 Å². The summed E-state index contributed by atoms with van der Waals surface area (Å²) in [6.07, 6.45) is 5.51. The van der Waals surface area contributed by atoms with Crippen LogP contribution in [0.1, 0.15) is 35.1 Å². The number of nitrogen functional groups attached to an aromatic ring is 1. The number of hydrogen-bond acceptors (Lipinski definition) is 8. The Morgan fingerprint density at radius 3 is 2.62 bits per heavy atom. The standard InChI is InChI=1S/C27H24N8O2/c1-29-26(36)22-14-21(11-12-30-22)37-20-9-7-18(8-10-20)32-27-31-15-23-25(34-27)35(24(33-23)16-5-6-16)19-4-2-3-17(28)13-19/h2-4,7-16H,5-6,28H2,1H3,(H,29,36)(H,31,32,34). The number of nitrogens with zero attached hydrogens (tertiary/aromatic N) is 5. The van der Waals surface area contributed by atoms with Crippen LogP contribution in [0.15, 0.2) is 73.1 Å². The largest absolute Gasteiger partial charge is 0.457 e. The normalized spacial score (nSPS) is 12.9. The van der Waals surface area contributed by atoms with E-state index < -0.39 is 0 Å². The van der Waals surface area contributed by atoms with Crippen molar-refractivity contribution in [3.05, 3.63) is 84.6 Å². The Balaban J connectivity index is 1.25. The van der Waals surface area contributed by atoms with Gasteiger partial charge in [0.15, 0.2) is 5.65 Å². The van der Waals surface area contributed by atoms with Crippen LogP contribution >= 0.6 is 0 Å². The Morgan fingerprint density at radius 2 is 1.86 bits per heavy atom. The molecule has 1 aliphatic rings. The highest BCUT2D eigenvalue weighted by molar-refractivity contribution is 5.92. The van der Waals surface area contributed by atoms with E-state index in [0.717, 1.165) is 41.2 Å². The topological polar surface area (TPSA) is 133 Å². The molecule has 1 amide bonds. The molecule has 0 unspecified atom stereocenters. The predicted octanol–water partition coefficient (Wildman–Crippen LogP) is 4.57. The zero-order valence-corrected chi connectivity index (χ0v) is 20.0. The monoisotopic (exact) mass is 492 g/mol. The average Bonchev–Trinajstić information content (AvgIpc) is 3.70. The van der Waals surface area contributed by atoms with Gasteiger partial charge in [0.1, 0.15) is 28.5 Å². The van der Waals surface area contributed by atoms with E-state index in [1.165, 1.54) is 6.20 Å². The van der Waals surface area contributed by atoms with Gasteiger partial charge in [0, 0.05) is 36.6 Å². The maximum Gasteiger partial charge on any atom is 0.269 e. The van der Waals surface area contributed by atoms with Crippen LogP contribution in [0.4, 0.5) is 17.3 Å². The SMILES string of the molecule is CNC(=O)c1cc(Oc2ccc(Nc3ncc4nc(C5CC5)n(-c5cccc(N)c5)c4n3)cc2)ccn1. The number of pyridine rings is 1. The van der Waals surface area contributed by atoms with Gasteiger partial charge in [-0.1, -0.05) is 6.07 Å². The van der Waals surface area contributed by atoms with Crippen molar-refractivity contribution in [2.24, 2.45) is 0 Å². The van der Waals surface area contributed by atoms with Crippen LogP contribution in [0.3, 0.4) is 0 Å². The van der Waals surface area contributed by atoms with Gasteiger partial charge < -0.3 is 21.1 Å². The van der Waals surface area contributed by atoms with Gasteiger partial charge in [0.05, 0.1) is 11.9 Å². The van der Waals surface area contributed by atoms with E-state index in [9.17, 15) is 4.79 Å². The van der Waals surface area contributed by atoms with Gasteiger partial charge in [-0.2, -0.15) is 4.98 Å². The first-order valence-electron chi connectivity index (χ1n) is 11.9. The third kappa shape index (κ3) is 4.64. The Hall–Kier alpha value is -4.99. The molecule has 1 saturated carbocycles. The number of imidazole rings is 1. The lowest BCUT2D eigenvalue weighted by Crippen LogP contribution is -2.18. The smallest absolute Gasteiger partial charge is 0.269 e. The van der Waals surface area contributed by atoms with Crippen LogP contribution in [0, 0.1) is 0 Å². The molecule has 6 rings (SSSR count). The highest BCUT2D eigenvalue weighted by atomic mass is 16.5. The molecular weight excluding hydrogens is 468 g/mol. The number of nitrogens with one attached hydrogen (secondary N) is 2. The number of amides is 1. The molecule has 0 bridgehead atoms. The molecule has 5 aromatic rings. The molecule has 0 radical (unpaired) electrons. The Bertz CT molecular complexity index is 1610. The highest BCUT2D eigenvalue weighted by Crippen LogP contribution is 2.41. The summed E-state index contributed by atoms with van der Waals surface area (Å²) in [6.45, 7) is 0. The van der Waals surface area contributed by atoms with Gasteiger partial charge in [-0.3, -0.25) is 14.3 Å². The lowest BCUT2D eigenvalue weighted by atomic mass is 10.2. The summed E-state index contributed by atoms with van der Waals surface area (Å²) in [5.41, 5.74) is 10.2. The van der Waals surface area contributed by atoms with Crippen molar-refractivity contribution < 1.29 is 9.53 Å². The maximum atomic E-state index is 11.8. The van der Waals surface area contributed by atoms with Crippen molar-refractivity contribution in [2.45, 2.75) is 18.8 Å². The minimum absolute atomic E-state index is 0.275. The van der Waals surface area contributed by atoms with Crippen molar-refractivity contribution in [3.8, 4) is 17.2 Å². The third-order valence-corrected chi connectivity index (χ3v) is 6.03. The van der Waals surface area contributed by atoms with Crippen LogP contribution in [0.25, 0.3) is 16.9 Å². The van der Waals surface area contributed by atoms with Gasteiger partial charge >= 0.3 is 0 Å². The van der Waals surface area contributed by atoms with E-state index in [1.807, 2.05) is 48.5 Å². The second-order valence-corrected chi connectivity index (χ2v) is 8.78. The molecule has 0 aliphatic heterocycles. The summed E-state index contributed by atoms with van der Waals surface area (Å²) in [7, 11) is 1.56. The zero-order chi connectivity index (χ0) is 25.4. The first-order chi connectivity index (χ1) is 18.1. The molecule has 0 saturated heterocycles. The van der Waals surface area contributed by atoms with Crippen molar-refractivity contribution in [3.63, 3.8) is 0 Å². The first kappa shape index (κ1) is 22.5. The molecule has 3 aromatic heterocycles. The van der Waals surface area contributed by atoms with Crippen LogP contribution < -0.4 is 21.1 Å². The summed E-state index contributed by atoms with van der Waals surface area (Å²) >= 11 is 0. The molecule has 1 fully saturated rings. The minimum Gasteiger partial charge on any atom is -0.457 e. The lowest BCUT2D eigenvalue weighted by molar-refractivity contribution is 0.0958. The number of aromatic nitrogens is 5. The van der Waals surface area contributed by atoms with Gasteiger partial charge in [-0.05, 0) is 61.4 Å². The molecular formula is C27H24N8O2. The molecule has 0 atom stereocenters. The molecule has 184 valence electrons. The van der Waals surface area contributed by atoms with Crippen LogP contribution in [0.2, 0.25) is 0 Å². The number of nitrogens with two attached hydrogens (primary N) is 1. The van der Waals surface area contributed by atoms with Gasteiger partial charge in [0.2, 0.25) is 5.95 Å². The molecule has 1 aliphatic carbocycles. The summed E-state index contributed by atoms with van der Waals surface area (Å²) in [5, 5.41) is 5.81. The second-order valence-electron chi connectivity index (χ2n) is 8.78. The van der Waals surface area contributed by atoms with Crippen LogP contribution in [-0.4, -0.2) is 37.5 Å². The first-order valence-corrected chi connectivity index (χ1v) is 11.9. The second kappa shape index (κ2) is 9.23. The number of fused-ring (bicyclic) bond motifs is 1. The molecule has 3 heterocycles. The number of ether oxygens (including phenoxy) is 1. The third-order valence-electron chi connectivity index (χ3n) is 6.03. The maximum absolute atomic E-state index is 11.8. The van der Waals surface area contributed by atoms with Crippen LogP contribution in [0.5, 0.6) is 11.5 Å². The molecule has 0 spiro atoms. The number of carbonyl (C=O) groups is 1. The predicted molar refractivity (Wildman–Crippen MR) is 140 cm³/mol. The lowest BCUT2D eigenvalue weighted by Gasteiger charge is -2.10. The molecule has 4 N–H and O–H groups in total. The van der Waals surface area contributed by atoms with Crippen molar-refractivity contribution >= 4 is 34.4 Å². The molecule has 10 nitrogen and oxygen atoms in total. The number of hydrogen-bond donors (Lipinski definition) is 3. The van der Waals surface area contributed by atoms with Crippen LogP contribution in [-0.2, 0) is 0 Å². The molecule has 10 heteroatoms. The van der Waals surface area contributed by atoms with Crippen molar-refractivity contribution in [1.82, 2.24) is 29.8 Å². The van der Waals surface area contributed by atoms with E-state index in [0.29, 0.717) is 29.1 Å². The van der Waals surface area contributed by atoms with E-state index in [-0.39, 0.29) is 11.6 Å². The fourth-order valence-electron chi connectivity index (χ4n) is 4.08. The highest BCUT2D eigenvalue weighted by Gasteiger charge is 2.30. The Morgan fingerprint density at radius 1 is 1.03 bits per heavy atom. The molecule has 2 aromatic carbocycles. The van der Waals surface area contributed by atoms with Crippen molar-refractivity contribution in [1.29, 1.82) is 0 Å².